The van der Waals surface area contributed by atoms with Crippen LogP contribution in [0.2, 0.25) is 0 Å². The van der Waals surface area contributed by atoms with Gasteiger partial charge >= 0.3 is 0 Å². The van der Waals surface area contributed by atoms with E-state index in [1.54, 1.807) is 19.3 Å². The van der Waals surface area contributed by atoms with Gasteiger partial charge in [0, 0.05) is 38.2 Å². The maximum atomic E-state index is 12.0. The lowest BCUT2D eigenvalue weighted by Crippen LogP contribution is -2.44. The predicted octanol–water partition coefficient (Wildman–Crippen LogP) is 2.86. The third-order valence-electron chi connectivity index (χ3n) is 4.30. The Balaban J connectivity index is 1.75. The molecule has 1 aromatic carbocycles. The molecule has 0 unspecified atom stereocenters. The second-order valence-electron chi connectivity index (χ2n) is 7.12. The van der Waals surface area contributed by atoms with Gasteiger partial charge in [-0.25, -0.2) is 4.98 Å². The van der Waals surface area contributed by atoms with E-state index < -0.39 is 0 Å². The summed E-state index contributed by atoms with van der Waals surface area (Å²) in [4.78, 5) is 20.4. The Morgan fingerprint density at radius 1 is 1.11 bits per heavy atom. The van der Waals surface area contributed by atoms with Crippen molar-refractivity contribution in [1.82, 2.24) is 15.6 Å². The Morgan fingerprint density at radius 2 is 1.85 bits per heavy atom. The van der Waals surface area contributed by atoms with Gasteiger partial charge < -0.3 is 16.0 Å². The molecule has 2 rings (SSSR count). The number of carbonyl (C=O) groups is 1. The van der Waals surface area contributed by atoms with E-state index in [-0.39, 0.29) is 11.3 Å². The van der Waals surface area contributed by atoms with Gasteiger partial charge in [0.2, 0.25) is 5.91 Å². The Bertz CT molecular complexity index is 754. The van der Waals surface area contributed by atoms with E-state index in [1.807, 2.05) is 31.2 Å². The van der Waals surface area contributed by atoms with E-state index in [0.29, 0.717) is 24.7 Å². The fraction of sp³-hybridized carbons (Fsp3) is 0.381. The van der Waals surface area contributed by atoms with Gasteiger partial charge in [-0.2, -0.15) is 0 Å². The topological polar surface area (TPSA) is 78.4 Å². The number of pyridine rings is 1. The zero-order chi connectivity index (χ0) is 19.7. The number of aryl methyl sites for hydroxylation is 1. The molecule has 0 aliphatic carbocycles. The van der Waals surface area contributed by atoms with Crippen LogP contribution in [-0.2, 0) is 10.2 Å². The number of nitrogens with one attached hydrogen (secondary N) is 3. The quantitative estimate of drug-likeness (QED) is 0.519. The van der Waals surface area contributed by atoms with Crippen molar-refractivity contribution in [2.75, 3.05) is 25.5 Å². The minimum atomic E-state index is -0.0843. The highest BCUT2D eigenvalue weighted by atomic mass is 16.1. The predicted molar refractivity (Wildman–Crippen MR) is 111 cm³/mol. The number of anilines is 1. The SMILES string of the molecule is CN=C(NCCC(=O)Nc1ccc(C)cn1)NCC(C)(C)c1ccccc1. The zero-order valence-corrected chi connectivity index (χ0v) is 16.5. The van der Waals surface area contributed by atoms with Crippen molar-refractivity contribution in [3.63, 3.8) is 0 Å². The molecule has 2 aromatic rings. The molecule has 0 bridgehead atoms. The molecule has 1 heterocycles. The monoisotopic (exact) mass is 367 g/mol. The number of aromatic nitrogens is 1. The van der Waals surface area contributed by atoms with Crippen LogP contribution in [0, 0.1) is 6.92 Å². The average Bonchev–Trinajstić information content (AvgIpc) is 2.67. The molecule has 0 saturated carbocycles. The Hall–Kier alpha value is -2.89. The van der Waals surface area contributed by atoms with Crippen molar-refractivity contribution in [1.29, 1.82) is 0 Å². The fourth-order valence-corrected chi connectivity index (χ4v) is 2.56. The van der Waals surface area contributed by atoms with E-state index in [9.17, 15) is 4.79 Å². The lowest BCUT2D eigenvalue weighted by Gasteiger charge is -2.26. The average molecular weight is 367 g/mol. The van der Waals surface area contributed by atoms with Crippen molar-refractivity contribution in [2.24, 2.45) is 4.99 Å². The Labute approximate surface area is 161 Å². The molecule has 0 radical (unpaired) electrons. The molecule has 0 saturated heterocycles. The second-order valence-corrected chi connectivity index (χ2v) is 7.12. The van der Waals surface area contributed by atoms with Crippen LogP contribution in [-0.4, -0.2) is 37.0 Å². The first-order valence-corrected chi connectivity index (χ1v) is 9.13. The lowest BCUT2D eigenvalue weighted by molar-refractivity contribution is -0.116. The molecule has 6 nitrogen and oxygen atoms in total. The van der Waals surface area contributed by atoms with E-state index in [2.05, 4.69) is 51.9 Å². The number of rotatable bonds is 7. The summed E-state index contributed by atoms with van der Waals surface area (Å²) in [5.41, 5.74) is 2.29. The number of amides is 1. The summed E-state index contributed by atoms with van der Waals surface area (Å²) in [5.74, 6) is 1.16. The second kappa shape index (κ2) is 9.71. The van der Waals surface area contributed by atoms with Crippen LogP contribution in [0.5, 0.6) is 0 Å². The number of benzene rings is 1. The number of aliphatic imine (C=N–C) groups is 1. The smallest absolute Gasteiger partial charge is 0.227 e. The van der Waals surface area contributed by atoms with E-state index in [1.165, 1.54) is 5.56 Å². The minimum absolute atomic E-state index is 0.0344. The molecule has 0 spiro atoms. The Kier molecular flexibility index (Phi) is 7.34. The summed E-state index contributed by atoms with van der Waals surface area (Å²) in [6.45, 7) is 7.55. The van der Waals surface area contributed by atoms with Crippen LogP contribution in [0.4, 0.5) is 5.82 Å². The summed E-state index contributed by atoms with van der Waals surface area (Å²) in [5, 5.41) is 9.30. The van der Waals surface area contributed by atoms with Gasteiger partial charge in [-0.15, -0.1) is 0 Å². The zero-order valence-electron chi connectivity index (χ0n) is 16.5. The maximum Gasteiger partial charge on any atom is 0.227 e. The van der Waals surface area contributed by atoms with Crippen LogP contribution in [0.1, 0.15) is 31.4 Å². The van der Waals surface area contributed by atoms with E-state index >= 15 is 0 Å². The first-order chi connectivity index (χ1) is 12.9. The highest BCUT2D eigenvalue weighted by molar-refractivity contribution is 5.90. The standard InChI is InChI=1S/C21H29N5O/c1-16-10-11-18(24-14-16)26-19(27)12-13-23-20(22-4)25-15-21(2,3)17-8-6-5-7-9-17/h5-11,14H,12-13,15H2,1-4H3,(H2,22,23,25)(H,24,26,27). The number of hydrogen-bond donors (Lipinski definition) is 3. The molecule has 27 heavy (non-hydrogen) atoms. The van der Waals surface area contributed by atoms with Gasteiger partial charge in [0.1, 0.15) is 5.82 Å². The highest BCUT2D eigenvalue weighted by Gasteiger charge is 2.20. The number of carbonyl (C=O) groups excluding carboxylic acids is 1. The first kappa shape index (κ1) is 20.4. The molecular weight excluding hydrogens is 338 g/mol. The highest BCUT2D eigenvalue weighted by Crippen LogP contribution is 2.21. The van der Waals surface area contributed by atoms with Crippen LogP contribution < -0.4 is 16.0 Å². The lowest BCUT2D eigenvalue weighted by atomic mass is 9.85. The van der Waals surface area contributed by atoms with Crippen molar-refractivity contribution in [3.8, 4) is 0 Å². The first-order valence-electron chi connectivity index (χ1n) is 9.13. The van der Waals surface area contributed by atoms with Gasteiger partial charge in [-0.1, -0.05) is 50.2 Å². The van der Waals surface area contributed by atoms with Crippen molar-refractivity contribution >= 4 is 17.7 Å². The summed E-state index contributed by atoms with van der Waals surface area (Å²) in [6, 6.07) is 14.1. The van der Waals surface area contributed by atoms with Gasteiger partial charge in [-0.05, 0) is 24.1 Å². The normalized spacial score (nSPS) is 11.8. The van der Waals surface area contributed by atoms with Crippen LogP contribution in [0.3, 0.4) is 0 Å². The van der Waals surface area contributed by atoms with Crippen molar-refractivity contribution in [3.05, 3.63) is 59.8 Å². The number of hydrogen-bond acceptors (Lipinski definition) is 3. The number of nitrogens with zero attached hydrogens (tertiary/aromatic N) is 2. The molecule has 144 valence electrons. The molecule has 0 atom stereocenters. The summed E-state index contributed by atoms with van der Waals surface area (Å²) < 4.78 is 0. The third kappa shape index (κ3) is 6.73. The Morgan fingerprint density at radius 3 is 2.48 bits per heavy atom. The number of guanidine groups is 1. The summed E-state index contributed by atoms with van der Waals surface area (Å²) in [7, 11) is 1.72. The van der Waals surface area contributed by atoms with Crippen LogP contribution >= 0.6 is 0 Å². The van der Waals surface area contributed by atoms with Crippen molar-refractivity contribution < 1.29 is 4.79 Å². The van der Waals surface area contributed by atoms with E-state index in [0.717, 1.165) is 12.1 Å². The van der Waals surface area contributed by atoms with Gasteiger partial charge in [0.15, 0.2) is 5.96 Å². The molecule has 3 N–H and O–H groups in total. The molecule has 6 heteroatoms. The van der Waals surface area contributed by atoms with Crippen molar-refractivity contribution in [2.45, 2.75) is 32.6 Å². The third-order valence-corrected chi connectivity index (χ3v) is 4.30. The van der Waals surface area contributed by atoms with Crippen LogP contribution in [0.15, 0.2) is 53.7 Å². The van der Waals surface area contributed by atoms with Crippen LogP contribution in [0.25, 0.3) is 0 Å². The molecule has 1 aromatic heterocycles. The maximum absolute atomic E-state index is 12.0. The van der Waals surface area contributed by atoms with Gasteiger partial charge in [0.05, 0.1) is 0 Å². The van der Waals surface area contributed by atoms with Gasteiger partial charge in [-0.3, -0.25) is 9.79 Å². The molecule has 0 aliphatic rings. The molecule has 1 amide bonds. The molecular formula is C21H29N5O. The largest absolute Gasteiger partial charge is 0.356 e. The fourth-order valence-electron chi connectivity index (χ4n) is 2.56. The molecule has 0 fully saturated rings. The summed E-state index contributed by atoms with van der Waals surface area (Å²) >= 11 is 0. The summed E-state index contributed by atoms with van der Waals surface area (Å²) in [6.07, 6.45) is 2.06. The molecule has 0 aliphatic heterocycles. The minimum Gasteiger partial charge on any atom is -0.356 e. The van der Waals surface area contributed by atoms with E-state index in [4.69, 9.17) is 0 Å². The van der Waals surface area contributed by atoms with Gasteiger partial charge in [0.25, 0.3) is 0 Å².